The minimum absolute atomic E-state index is 0.0892. The van der Waals surface area contributed by atoms with Crippen molar-refractivity contribution in [3.63, 3.8) is 0 Å². The minimum Gasteiger partial charge on any atom is -0.397 e. The summed E-state index contributed by atoms with van der Waals surface area (Å²) in [4.78, 5) is 14.3. The molecule has 0 heterocycles. The number of urea groups is 1. The van der Waals surface area contributed by atoms with Crippen LogP contribution >= 0.6 is 0 Å². The Hall–Kier alpha value is -2.49. The standard InChI is InChI=1S/C18H21N3O/c19-16-8-4-5-9-17(16)21(13-15-6-2-1-3-7-15)18(22)20-12-14-10-11-14/h1-9,14H,10-13,19H2,(H,20,22). The molecule has 4 heteroatoms. The van der Waals surface area contributed by atoms with Crippen LogP contribution in [0, 0.1) is 5.92 Å². The Bertz CT molecular complexity index is 638. The quantitative estimate of drug-likeness (QED) is 0.831. The van der Waals surface area contributed by atoms with E-state index in [0.29, 0.717) is 18.2 Å². The van der Waals surface area contributed by atoms with Crippen molar-refractivity contribution in [2.24, 2.45) is 5.92 Å². The lowest BCUT2D eigenvalue weighted by Gasteiger charge is -2.24. The summed E-state index contributed by atoms with van der Waals surface area (Å²) in [6.07, 6.45) is 2.43. The molecule has 0 bridgehead atoms. The van der Waals surface area contributed by atoms with E-state index in [1.165, 1.54) is 12.8 Å². The van der Waals surface area contributed by atoms with Gasteiger partial charge in [-0.15, -0.1) is 0 Å². The molecule has 2 amide bonds. The number of nitrogens with two attached hydrogens (primary N) is 1. The number of amides is 2. The maximum atomic E-state index is 12.6. The number of para-hydroxylation sites is 2. The molecule has 2 aromatic rings. The number of carbonyl (C=O) groups is 1. The summed E-state index contributed by atoms with van der Waals surface area (Å²) >= 11 is 0. The smallest absolute Gasteiger partial charge is 0.322 e. The van der Waals surface area contributed by atoms with Crippen LogP contribution in [0.5, 0.6) is 0 Å². The Morgan fingerprint density at radius 2 is 1.77 bits per heavy atom. The van der Waals surface area contributed by atoms with E-state index >= 15 is 0 Å². The van der Waals surface area contributed by atoms with Crippen molar-refractivity contribution >= 4 is 17.4 Å². The Kier molecular flexibility index (Phi) is 4.28. The van der Waals surface area contributed by atoms with Gasteiger partial charge in [0, 0.05) is 6.54 Å². The second kappa shape index (κ2) is 6.52. The lowest BCUT2D eigenvalue weighted by Crippen LogP contribution is -2.40. The Morgan fingerprint density at radius 1 is 1.09 bits per heavy atom. The molecule has 1 saturated carbocycles. The Balaban J connectivity index is 1.80. The molecular formula is C18H21N3O. The topological polar surface area (TPSA) is 58.4 Å². The zero-order valence-corrected chi connectivity index (χ0v) is 12.5. The molecule has 0 aromatic heterocycles. The molecule has 1 fully saturated rings. The highest BCUT2D eigenvalue weighted by molar-refractivity contribution is 5.95. The molecule has 0 aliphatic heterocycles. The second-order valence-electron chi connectivity index (χ2n) is 5.76. The predicted molar refractivity (Wildman–Crippen MR) is 89.6 cm³/mol. The fraction of sp³-hybridized carbons (Fsp3) is 0.278. The second-order valence-corrected chi connectivity index (χ2v) is 5.76. The molecule has 0 unspecified atom stereocenters. The van der Waals surface area contributed by atoms with E-state index in [4.69, 9.17) is 5.73 Å². The van der Waals surface area contributed by atoms with Crippen LogP contribution in [0.4, 0.5) is 16.2 Å². The number of nitrogens with one attached hydrogen (secondary N) is 1. The molecule has 0 radical (unpaired) electrons. The van der Waals surface area contributed by atoms with Gasteiger partial charge >= 0.3 is 6.03 Å². The lowest BCUT2D eigenvalue weighted by atomic mass is 10.2. The average Bonchev–Trinajstić information content (AvgIpc) is 3.36. The van der Waals surface area contributed by atoms with E-state index in [1.54, 1.807) is 4.90 Å². The first-order chi connectivity index (χ1) is 10.7. The van der Waals surface area contributed by atoms with Crippen LogP contribution in [0.1, 0.15) is 18.4 Å². The van der Waals surface area contributed by atoms with E-state index in [2.05, 4.69) is 5.32 Å². The van der Waals surface area contributed by atoms with Gasteiger partial charge < -0.3 is 11.1 Å². The molecule has 2 aromatic carbocycles. The van der Waals surface area contributed by atoms with E-state index < -0.39 is 0 Å². The van der Waals surface area contributed by atoms with Crippen molar-refractivity contribution < 1.29 is 4.79 Å². The van der Waals surface area contributed by atoms with Crippen molar-refractivity contribution in [1.82, 2.24) is 5.32 Å². The first kappa shape index (κ1) is 14.4. The monoisotopic (exact) mass is 295 g/mol. The summed E-state index contributed by atoms with van der Waals surface area (Å²) in [6.45, 7) is 1.25. The molecule has 114 valence electrons. The molecule has 0 atom stereocenters. The van der Waals surface area contributed by atoms with Gasteiger partial charge in [-0.2, -0.15) is 0 Å². The highest BCUT2D eigenvalue weighted by atomic mass is 16.2. The van der Waals surface area contributed by atoms with Crippen molar-refractivity contribution in [1.29, 1.82) is 0 Å². The third kappa shape index (κ3) is 3.58. The average molecular weight is 295 g/mol. The molecule has 3 N–H and O–H groups in total. The molecule has 1 aliphatic rings. The van der Waals surface area contributed by atoms with Crippen molar-refractivity contribution in [3.8, 4) is 0 Å². The number of hydrogen-bond acceptors (Lipinski definition) is 2. The lowest BCUT2D eigenvalue weighted by molar-refractivity contribution is 0.245. The summed E-state index contributed by atoms with van der Waals surface area (Å²) < 4.78 is 0. The Labute approximate surface area is 130 Å². The summed E-state index contributed by atoms with van der Waals surface area (Å²) in [6, 6.07) is 17.3. The molecule has 0 saturated heterocycles. The molecule has 22 heavy (non-hydrogen) atoms. The zero-order chi connectivity index (χ0) is 15.4. The predicted octanol–water partition coefficient (Wildman–Crippen LogP) is 3.40. The number of nitrogen functional groups attached to an aromatic ring is 1. The van der Waals surface area contributed by atoms with E-state index in [-0.39, 0.29) is 6.03 Å². The van der Waals surface area contributed by atoms with E-state index in [0.717, 1.165) is 17.8 Å². The van der Waals surface area contributed by atoms with Crippen LogP contribution in [0.2, 0.25) is 0 Å². The summed E-state index contributed by atoms with van der Waals surface area (Å²) in [5.74, 6) is 0.649. The fourth-order valence-corrected chi connectivity index (χ4v) is 2.41. The number of benzene rings is 2. The van der Waals surface area contributed by atoms with Gasteiger partial charge in [-0.3, -0.25) is 4.90 Å². The van der Waals surface area contributed by atoms with Gasteiger partial charge in [-0.25, -0.2) is 4.79 Å². The number of anilines is 2. The molecular weight excluding hydrogens is 274 g/mol. The SMILES string of the molecule is Nc1ccccc1N(Cc1ccccc1)C(=O)NCC1CC1. The Morgan fingerprint density at radius 3 is 2.45 bits per heavy atom. The van der Waals surface area contributed by atoms with Gasteiger partial charge in [-0.1, -0.05) is 42.5 Å². The van der Waals surface area contributed by atoms with Gasteiger partial charge in [0.25, 0.3) is 0 Å². The van der Waals surface area contributed by atoms with Gasteiger partial charge in [0.2, 0.25) is 0 Å². The fourth-order valence-electron chi connectivity index (χ4n) is 2.41. The maximum absolute atomic E-state index is 12.6. The largest absolute Gasteiger partial charge is 0.397 e. The van der Waals surface area contributed by atoms with E-state index in [1.807, 2.05) is 54.6 Å². The third-order valence-electron chi connectivity index (χ3n) is 3.90. The molecule has 3 rings (SSSR count). The first-order valence-electron chi connectivity index (χ1n) is 7.68. The summed E-state index contributed by atoms with van der Waals surface area (Å²) in [5.41, 5.74) is 8.50. The summed E-state index contributed by atoms with van der Waals surface area (Å²) in [7, 11) is 0. The van der Waals surface area contributed by atoms with Gasteiger partial charge in [0.1, 0.15) is 0 Å². The van der Waals surface area contributed by atoms with Gasteiger partial charge in [0.05, 0.1) is 17.9 Å². The van der Waals surface area contributed by atoms with Crippen LogP contribution in [0.15, 0.2) is 54.6 Å². The normalized spacial score (nSPS) is 13.6. The van der Waals surface area contributed by atoms with Crippen LogP contribution in [0.3, 0.4) is 0 Å². The zero-order valence-electron chi connectivity index (χ0n) is 12.5. The first-order valence-corrected chi connectivity index (χ1v) is 7.68. The van der Waals surface area contributed by atoms with Crippen molar-refractivity contribution in [2.45, 2.75) is 19.4 Å². The van der Waals surface area contributed by atoms with Gasteiger partial charge in [-0.05, 0) is 36.5 Å². The molecule has 1 aliphatic carbocycles. The highest BCUT2D eigenvalue weighted by Crippen LogP contribution is 2.28. The van der Waals surface area contributed by atoms with Crippen LogP contribution in [-0.2, 0) is 6.54 Å². The molecule has 0 spiro atoms. The number of nitrogens with zero attached hydrogens (tertiary/aromatic N) is 1. The van der Waals surface area contributed by atoms with Crippen molar-refractivity contribution in [3.05, 3.63) is 60.2 Å². The maximum Gasteiger partial charge on any atom is 0.322 e. The van der Waals surface area contributed by atoms with E-state index in [9.17, 15) is 4.79 Å². The highest BCUT2D eigenvalue weighted by Gasteiger charge is 2.24. The van der Waals surface area contributed by atoms with Crippen LogP contribution in [0.25, 0.3) is 0 Å². The number of carbonyl (C=O) groups excluding carboxylic acids is 1. The number of rotatable bonds is 5. The number of hydrogen-bond donors (Lipinski definition) is 2. The molecule has 4 nitrogen and oxygen atoms in total. The van der Waals surface area contributed by atoms with Gasteiger partial charge in [0.15, 0.2) is 0 Å². The van der Waals surface area contributed by atoms with Crippen LogP contribution < -0.4 is 16.0 Å². The van der Waals surface area contributed by atoms with Crippen LogP contribution in [-0.4, -0.2) is 12.6 Å². The third-order valence-corrected chi connectivity index (χ3v) is 3.90. The van der Waals surface area contributed by atoms with Crippen molar-refractivity contribution in [2.75, 3.05) is 17.2 Å². The minimum atomic E-state index is -0.0892. The summed E-state index contributed by atoms with van der Waals surface area (Å²) in [5, 5.41) is 3.02.